The molecule has 1 fully saturated rings. The van der Waals surface area contributed by atoms with Crippen LogP contribution < -0.4 is 10.5 Å². The van der Waals surface area contributed by atoms with E-state index in [0.717, 1.165) is 50.5 Å². The van der Waals surface area contributed by atoms with Crippen molar-refractivity contribution < 1.29 is 9.53 Å². The first-order valence-corrected chi connectivity index (χ1v) is 7.60. The molecule has 0 bridgehead atoms. The molecule has 1 aliphatic heterocycles. The molecule has 0 unspecified atom stereocenters. The number of anilines is 1. The monoisotopic (exact) mass is 291 g/mol. The second kappa shape index (κ2) is 7.88. The van der Waals surface area contributed by atoms with Crippen LogP contribution in [0.15, 0.2) is 24.3 Å². The van der Waals surface area contributed by atoms with E-state index in [9.17, 15) is 4.79 Å². The summed E-state index contributed by atoms with van der Waals surface area (Å²) < 4.78 is 5.62. The average Bonchev–Trinajstić information content (AvgIpc) is 2.49. The number of carbonyl (C=O) groups excluding carboxylic acids is 1. The minimum atomic E-state index is 0.274. The van der Waals surface area contributed by atoms with Gasteiger partial charge in [-0.1, -0.05) is 0 Å². The van der Waals surface area contributed by atoms with Gasteiger partial charge >= 0.3 is 0 Å². The number of rotatable bonds is 6. The first-order chi connectivity index (χ1) is 10.1. The smallest absolute Gasteiger partial charge is 0.222 e. The lowest BCUT2D eigenvalue weighted by molar-refractivity contribution is -0.132. The Labute approximate surface area is 126 Å². The van der Waals surface area contributed by atoms with Gasteiger partial charge in [0.25, 0.3) is 0 Å². The molecule has 2 rings (SSSR count). The lowest BCUT2D eigenvalue weighted by Gasteiger charge is -2.32. The predicted molar refractivity (Wildman–Crippen MR) is 84.3 cm³/mol. The number of amides is 1. The molecule has 1 saturated heterocycles. The molecular formula is C16H25N3O2. The van der Waals surface area contributed by atoms with Crippen LogP contribution in [0.1, 0.15) is 19.3 Å². The van der Waals surface area contributed by atoms with Gasteiger partial charge in [-0.25, -0.2) is 0 Å². The number of benzene rings is 1. The van der Waals surface area contributed by atoms with Crippen LogP contribution in [-0.4, -0.2) is 55.5 Å². The molecule has 0 atom stereocenters. The third-order valence-corrected chi connectivity index (χ3v) is 3.79. The maximum Gasteiger partial charge on any atom is 0.222 e. The van der Waals surface area contributed by atoms with Crippen LogP contribution in [0.25, 0.3) is 0 Å². The molecule has 5 nitrogen and oxygen atoms in total. The van der Waals surface area contributed by atoms with Crippen LogP contribution in [0, 0.1) is 0 Å². The molecule has 0 aliphatic carbocycles. The average molecular weight is 291 g/mol. The molecule has 1 aromatic carbocycles. The Bertz CT molecular complexity index is 439. The summed E-state index contributed by atoms with van der Waals surface area (Å²) in [4.78, 5) is 16.3. The normalized spacial score (nSPS) is 16.0. The van der Waals surface area contributed by atoms with Crippen LogP contribution in [0.2, 0.25) is 0 Å². The Morgan fingerprint density at radius 1 is 1.14 bits per heavy atom. The van der Waals surface area contributed by atoms with E-state index >= 15 is 0 Å². The Balaban J connectivity index is 1.57. The van der Waals surface area contributed by atoms with Gasteiger partial charge in [0.2, 0.25) is 5.91 Å². The molecule has 1 aliphatic rings. The summed E-state index contributed by atoms with van der Waals surface area (Å²) in [5, 5.41) is 0. The second-order valence-electron chi connectivity index (χ2n) is 5.56. The zero-order chi connectivity index (χ0) is 15.1. The molecule has 5 heteroatoms. The van der Waals surface area contributed by atoms with Crippen molar-refractivity contribution in [2.75, 3.05) is 45.6 Å². The van der Waals surface area contributed by atoms with Crippen molar-refractivity contribution in [3.8, 4) is 5.75 Å². The second-order valence-corrected chi connectivity index (χ2v) is 5.56. The number of unbranched alkanes of at least 4 members (excludes halogenated alkanes) is 1. The minimum absolute atomic E-state index is 0.274. The summed E-state index contributed by atoms with van der Waals surface area (Å²) in [6.07, 6.45) is 2.39. The SMILES string of the molecule is CN1CCN(C(=O)CCCCOc2ccc(N)cc2)CC1. The van der Waals surface area contributed by atoms with Gasteiger partial charge < -0.3 is 20.3 Å². The fourth-order valence-electron chi connectivity index (χ4n) is 2.35. The Kier molecular flexibility index (Phi) is 5.87. The maximum absolute atomic E-state index is 12.0. The molecule has 21 heavy (non-hydrogen) atoms. The van der Waals surface area contributed by atoms with Crippen molar-refractivity contribution in [3.63, 3.8) is 0 Å². The first-order valence-electron chi connectivity index (χ1n) is 7.60. The summed E-state index contributed by atoms with van der Waals surface area (Å²) in [5.41, 5.74) is 6.35. The number of nitrogens with two attached hydrogens (primary N) is 1. The fraction of sp³-hybridized carbons (Fsp3) is 0.562. The number of hydrogen-bond donors (Lipinski definition) is 1. The van der Waals surface area contributed by atoms with Crippen molar-refractivity contribution in [3.05, 3.63) is 24.3 Å². The van der Waals surface area contributed by atoms with Crippen LogP contribution in [0.3, 0.4) is 0 Å². The van der Waals surface area contributed by atoms with Crippen molar-refractivity contribution in [1.82, 2.24) is 9.80 Å². The van der Waals surface area contributed by atoms with Crippen LogP contribution in [-0.2, 0) is 4.79 Å². The highest BCUT2D eigenvalue weighted by atomic mass is 16.5. The first kappa shape index (κ1) is 15.6. The number of ether oxygens (including phenoxy) is 1. The molecule has 0 radical (unpaired) electrons. The van der Waals surface area contributed by atoms with Gasteiger partial charge in [-0.3, -0.25) is 4.79 Å². The minimum Gasteiger partial charge on any atom is -0.494 e. The molecule has 0 saturated carbocycles. The van der Waals surface area contributed by atoms with Crippen molar-refractivity contribution in [1.29, 1.82) is 0 Å². The summed E-state index contributed by atoms with van der Waals surface area (Å²) in [5.74, 6) is 1.10. The quantitative estimate of drug-likeness (QED) is 0.639. The maximum atomic E-state index is 12.0. The number of carbonyl (C=O) groups is 1. The summed E-state index contributed by atoms with van der Waals surface area (Å²) in [6, 6.07) is 7.38. The molecule has 1 amide bonds. The van der Waals surface area contributed by atoms with Gasteiger partial charge in [-0.15, -0.1) is 0 Å². The number of piperazine rings is 1. The Morgan fingerprint density at radius 3 is 2.48 bits per heavy atom. The molecule has 2 N–H and O–H groups in total. The highest BCUT2D eigenvalue weighted by molar-refractivity contribution is 5.76. The van der Waals surface area contributed by atoms with E-state index in [2.05, 4.69) is 11.9 Å². The van der Waals surface area contributed by atoms with Gasteiger partial charge in [-0.05, 0) is 44.2 Å². The largest absolute Gasteiger partial charge is 0.494 e. The third kappa shape index (κ3) is 5.27. The standard InChI is InChI=1S/C16H25N3O2/c1-18-9-11-19(12-10-18)16(20)4-2-3-13-21-15-7-5-14(17)6-8-15/h5-8H,2-4,9-13,17H2,1H3. The highest BCUT2D eigenvalue weighted by Gasteiger charge is 2.18. The van der Waals surface area contributed by atoms with Crippen LogP contribution >= 0.6 is 0 Å². The van der Waals surface area contributed by atoms with E-state index in [1.807, 2.05) is 29.2 Å². The van der Waals surface area contributed by atoms with Gasteiger partial charge in [0.05, 0.1) is 6.61 Å². The Hall–Kier alpha value is -1.75. The molecule has 0 spiro atoms. The van der Waals surface area contributed by atoms with Crippen LogP contribution in [0.4, 0.5) is 5.69 Å². The number of nitrogens with zero attached hydrogens (tertiary/aromatic N) is 2. The molecule has 0 aromatic heterocycles. The Morgan fingerprint density at radius 2 is 1.81 bits per heavy atom. The summed E-state index contributed by atoms with van der Waals surface area (Å²) in [6.45, 7) is 4.31. The molecular weight excluding hydrogens is 266 g/mol. The van der Waals surface area contributed by atoms with E-state index in [-0.39, 0.29) is 5.91 Å². The number of nitrogen functional groups attached to an aromatic ring is 1. The predicted octanol–water partition coefficient (Wildman–Crippen LogP) is 1.59. The molecule has 1 heterocycles. The fourth-order valence-corrected chi connectivity index (χ4v) is 2.35. The lowest BCUT2D eigenvalue weighted by Crippen LogP contribution is -2.47. The zero-order valence-corrected chi connectivity index (χ0v) is 12.8. The summed E-state index contributed by atoms with van der Waals surface area (Å²) >= 11 is 0. The van der Waals surface area contributed by atoms with E-state index in [0.29, 0.717) is 13.0 Å². The molecule has 1 aromatic rings. The van der Waals surface area contributed by atoms with Crippen molar-refractivity contribution in [2.24, 2.45) is 0 Å². The zero-order valence-electron chi connectivity index (χ0n) is 12.8. The highest BCUT2D eigenvalue weighted by Crippen LogP contribution is 2.13. The van der Waals surface area contributed by atoms with Gasteiger partial charge in [-0.2, -0.15) is 0 Å². The van der Waals surface area contributed by atoms with E-state index in [1.54, 1.807) is 0 Å². The van der Waals surface area contributed by atoms with Crippen LogP contribution in [0.5, 0.6) is 5.75 Å². The lowest BCUT2D eigenvalue weighted by atomic mass is 10.2. The van der Waals surface area contributed by atoms with Gasteiger partial charge in [0.1, 0.15) is 5.75 Å². The third-order valence-electron chi connectivity index (χ3n) is 3.79. The number of likely N-dealkylation sites (N-methyl/N-ethyl adjacent to an activating group) is 1. The molecule has 116 valence electrons. The van der Waals surface area contributed by atoms with Crippen molar-refractivity contribution in [2.45, 2.75) is 19.3 Å². The van der Waals surface area contributed by atoms with E-state index < -0.39 is 0 Å². The van der Waals surface area contributed by atoms with Crippen molar-refractivity contribution >= 4 is 11.6 Å². The van der Waals surface area contributed by atoms with Gasteiger partial charge in [0, 0.05) is 38.3 Å². The topological polar surface area (TPSA) is 58.8 Å². The summed E-state index contributed by atoms with van der Waals surface area (Å²) in [7, 11) is 2.09. The van der Waals surface area contributed by atoms with E-state index in [1.165, 1.54) is 0 Å². The number of hydrogen-bond acceptors (Lipinski definition) is 4. The van der Waals surface area contributed by atoms with E-state index in [4.69, 9.17) is 10.5 Å². The van der Waals surface area contributed by atoms with Gasteiger partial charge in [0.15, 0.2) is 0 Å².